The predicted octanol–water partition coefficient (Wildman–Crippen LogP) is 2.42. The molecule has 1 aromatic carbocycles. The van der Waals surface area contributed by atoms with E-state index < -0.39 is 12.0 Å². The number of methoxy groups -OCH3 is 1. The number of para-hydroxylation sites is 1. The van der Waals surface area contributed by atoms with Gasteiger partial charge in [-0.05, 0) is 30.7 Å². The normalized spacial score (nSPS) is 11.7. The average molecular weight is 429 g/mol. The Morgan fingerprint density at radius 2 is 2.03 bits per heavy atom. The zero-order valence-electron chi connectivity index (χ0n) is 17.4. The van der Waals surface area contributed by atoms with E-state index in [0.29, 0.717) is 28.1 Å². The summed E-state index contributed by atoms with van der Waals surface area (Å²) in [7, 11) is 1.47. The van der Waals surface area contributed by atoms with E-state index in [1.807, 2.05) is 13.0 Å². The minimum Gasteiger partial charge on any atom is -0.461 e. The van der Waals surface area contributed by atoms with Crippen molar-refractivity contribution in [3.8, 4) is 17.6 Å². The van der Waals surface area contributed by atoms with Crippen molar-refractivity contribution >= 4 is 22.8 Å². The SMILES string of the molecule is COCC(Oc1ncnc2c1cnn2-c1ccccc1C#N)C(=O)Nc1ccc(C)cn1. The molecule has 160 valence electrons. The molecule has 0 spiro atoms. The molecule has 3 heterocycles. The highest BCUT2D eigenvalue weighted by molar-refractivity contribution is 5.94. The number of benzene rings is 1. The van der Waals surface area contributed by atoms with Gasteiger partial charge in [-0.15, -0.1) is 0 Å². The molecule has 0 bridgehead atoms. The topological polar surface area (TPSA) is 128 Å². The summed E-state index contributed by atoms with van der Waals surface area (Å²) in [5, 5.41) is 17.0. The lowest BCUT2D eigenvalue weighted by Gasteiger charge is -2.17. The van der Waals surface area contributed by atoms with E-state index in [9.17, 15) is 10.1 Å². The summed E-state index contributed by atoms with van der Waals surface area (Å²) in [6.07, 6.45) is 3.51. The number of nitriles is 1. The molecule has 1 atom stereocenters. The number of anilines is 1. The van der Waals surface area contributed by atoms with Crippen LogP contribution in [0.2, 0.25) is 0 Å². The Morgan fingerprint density at radius 1 is 1.19 bits per heavy atom. The maximum Gasteiger partial charge on any atom is 0.269 e. The van der Waals surface area contributed by atoms with Gasteiger partial charge in [0.1, 0.15) is 23.6 Å². The Morgan fingerprint density at radius 3 is 2.78 bits per heavy atom. The van der Waals surface area contributed by atoms with Gasteiger partial charge in [-0.3, -0.25) is 4.79 Å². The smallest absolute Gasteiger partial charge is 0.269 e. The van der Waals surface area contributed by atoms with Gasteiger partial charge in [0, 0.05) is 13.3 Å². The third kappa shape index (κ3) is 4.23. The van der Waals surface area contributed by atoms with Crippen LogP contribution in [0, 0.1) is 18.3 Å². The highest BCUT2D eigenvalue weighted by Crippen LogP contribution is 2.25. The first-order valence-electron chi connectivity index (χ1n) is 9.68. The van der Waals surface area contributed by atoms with Crippen LogP contribution in [0.3, 0.4) is 0 Å². The number of hydrogen-bond acceptors (Lipinski definition) is 8. The molecule has 4 aromatic rings. The number of carbonyl (C=O) groups is 1. The van der Waals surface area contributed by atoms with Crippen LogP contribution < -0.4 is 10.1 Å². The number of pyridine rings is 1. The van der Waals surface area contributed by atoms with Crippen molar-refractivity contribution in [3.63, 3.8) is 0 Å². The van der Waals surface area contributed by atoms with Crippen LogP contribution in [-0.2, 0) is 9.53 Å². The number of nitrogens with zero attached hydrogens (tertiary/aromatic N) is 6. The Bertz CT molecular complexity index is 1300. The van der Waals surface area contributed by atoms with Gasteiger partial charge in [-0.25, -0.2) is 19.6 Å². The minimum atomic E-state index is -0.990. The molecule has 3 aromatic heterocycles. The maximum atomic E-state index is 12.8. The molecule has 10 nitrogen and oxygen atoms in total. The summed E-state index contributed by atoms with van der Waals surface area (Å²) in [4.78, 5) is 25.4. The Labute approximate surface area is 183 Å². The zero-order valence-corrected chi connectivity index (χ0v) is 17.4. The van der Waals surface area contributed by atoms with Crippen molar-refractivity contribution in [2.24, 2.45) is 0 Å². The molecule has 32 heavy (non-hydrogen) atoms. The van der Waals surface area contributed by atoms with E-state index in [-0.39, 0.29) is 12.5 Å². The van der Waals surface area contributed by atoms with Crippen LogP contribution in [0.25, 0.3) is 16.7 Å². The van der Waals surface area contributed by atoms with Gasteiger partial charge in [0.15, 0.2) is 5.65 Å². The van der Waals surface area contributed by atoms with Gasteiger partial charge >= 0.3 is 0 Å². The lowest BCUT2D eigenvalue weighted by Crippen LogP contribution is -2.37. The summed E-state index contributed by atoms with van der Waals surface area (Å²) >= 11 is 0. The van der Waals surface area contributed by atoms with Gasteiger partial charge in [0.25, 0.3) is 5.91 Å². The Hall–Kier alpha value is -4.36. The molecule has 4 rings (SSSR count). The van der Waals surface area contributed by atoms with Crippen molar-refractivity contribution in [2.45, 2.75) is 13.0 Å². The van der Waals surface area contributed by atoms with Crippen molar-refractivity contribution in [2.75, 3.05) is 19.0 Å². The van der Waals surface area contributed by atoms with Crippen LogP contribution in [0.15, 0.2) is 55.1 Å². The lowest BCUT2D eigenvalue weighted by atomic mass is 10.2. The summed E-state index contributed by atoms with van der Waals surface area (Å²) in [5.41, 5.74) is 2.44. The van der Waals surface area contributed by atoms with Crippen LogP contribution in [0.5, 0.6) is 5.88 Å². The molecule has 1 unspecified atom stereocenters. The zero-order chi connectivity index (χ0) is 22.5. The first-order chi connectivity index (χ1) is 15.6. The molecule has 0 radical (unpaired) electrons. The number of ether oxygens (including phenoxy) is 2. The fourth-order valence-corrected chi connectivity index (χ4v) is 3.04. The largest absolute Gasteiger partial charge is 0.461 e. The number of amides is 1. The molecule has 0 saturated carbocycles. The summed E-state index contributed by atoms with van der Waals surface area (Å²) in [6.45, 7) is 1.90. The number of aromatic nitrogens is 5. The predicted molar refractivity (Wildman–Crippen MR) is 115 cm³/mol. The van der Waals surface area contributed by atoms with E-state index >= 15 is 0 Å². The Kier molecular flexibility index (Phi) is 6.00. The first-order valence-corrected chi connectivity index (χ1v) is 9.68. The number of fused-ring (bicyclic) bond motifs is 1. The molecular formula is C22H19N7O3. The quantitative estimate of drug-likeness (QED) is 0.474. The standard InChI is InChI=1S/C22H19N7O3/c1-14-7-8-19(24-10-14)28-21(30)18(12-31-2)32-22-16-11-27-29(20(16)25-13-26-22)17-6-4-3-5-15(17)9-23/h3-8,10-11,13,18H,12H2,1-2H3,(H,24,28,30). The molecule has 0 aliphatic heterocycles. The van der Waals surface area contributed by atoms with Crippen molar-refractivity contribution in [1.82, 2.24) is 24.7 Å². The Balaban J connectivity index is 1.63. The van der Waals surface area contributed by atoms with Gasteiger partial charge in [0.05, 0.1) is 24.1 Å². The molecule has 0 fully saturated rings. The van der Waals surface area contributed by atoms with Gasteiger partial charge in [-0.2, -0.15) is 10.4 Å². The molecule has 0 aliphatic carbocycles. The molecule has 1 N–H and O–H groups in total. The van der Waals surface area contributed by atoms with Gasteiger partial charge in [0.2, 0.25) is 12.0 Å². The van der Waals surface area contributed by atoms with E-state index in [2.05, 4.69) is 31.4 Å². The van der Waals surface area contributed by atoms with Crippen LogP contribution in [0.1, 0.15) is 11.1 Å². The molecule has 1 amide bonds. The summed E-state index contributed by atoms with van der Waals surface area (Å²) < 4.78 is 12.6. The number of aryl methyl sites for hydroxylation is 1. The fraction of sp³-hybridized carbons (Fsp3) is 0.182. The second-order valence-electron chi connectivity index (χ2n) is 6.87. The molecular weight excluding hydrogens is 410 g/mol. The third-order valence-corrected chi connectivity index (χ3v) is 4.61. The number of hydrogen-bond donors (Lipinski definition) is 1. The van der Waals surface area contributed by atoms with Crippen molar-refractivity contribution in [1.29, 1.82) is 5.26 Å². The monoisotopic (exact) mass is 429 g/mol. The van der Waals surface area contributed by atoms with E-state index in [0.717, 1.165) is 5.56 Å². The second kappa shape index (κ2) is 9.20. The van der Waals surface area contributed by atoms with Crippen LogP contribution >= 0.6 is 0 Å². The van der Waals surface area contributed by atoms with Crippen LogP contribution in [0.4, 0.5) is 5.82 Å². The lowest BCUT2D eigenvalue weighted by molar-refractivity contribution is -0.125. The molecule has 0 saturated heterocycles. The van der Waals surface area contributed by atoms with Crippen molar-refractivity contribution < 1.29 is 14.3 Å². The average Bonchev–Trinajstić information content (AvgIpc) is 3.25. The second-order valence-corrected chi connectivity index (χ2v) is 6.87. The number of carbonyl (C=O) groups excluding carboxylic acids is 1. The maximum absolute atomic E-state index is 12.8. The molecule has 0 aliphatic rings. The van der Waals surface area contributed by atoms with E-state index in [4.69, 9.17) is 9.47 Å². The first kappa shape index (κ1) is 20.9. The van der Waals surface area contributed by atoms with Gasteiger partial charge in [-0.1, -0.05) is 18.2 Å². The summed E-state index contributed by atoms with van der Waals surface area (Å²) in [6, 6.07) is 12.7. The third-order valence-electron chi connectivity index (χ3n) is 4.61. The highest BCUT2D eigenvalue weighted by atomic mass is 16.5. The van der Waals surface area contributed by atoms with Crippen molar-refractivity contribution in [3.05, 3.63) is 66.2 Å². The van der Waals surface area contributed by atoms with E-state index in [1.165, 1.54) is 24.3 Å². The molecule has 10 heteroatoms. The van der Waals surface area contributed by atoms with Gasteiger partial charge < -0.3 is 14.8 Å². The minimum absolute atomic E-state index is 0.00536. The van der Waals surface area contributed by atoms with E-state index in [1.54, 1.807) is 36.5 Å². The number of nitrogens with one attached hydrogen (secondary N) is 1. The fourth-order valence-electron chi connectivity index (χ4n) is 3.04. The van der Waals surface area contributed by atoms with Crippen LogP contribution in [-0.4, -0.2) is 50.5 Å². The highest BCUT2D eigenvalue weighted by Gasteiger charge is 2.24. The summed E-state index contributed by atoms with van der Waals surface area (Å²) in [5.74, 6) is 0.140. The number of rotatable bonds is 7.